The molecule has 13 heteroatoms. The number of hydrogen-bond donors (Lipinski definition) is 0. The van der Waals surface area contributed by atoms with E-state index in [9.17, 15) is 0 Å². The zero-order valence-corrected chi connectivity index (χ0v) is 30.2. The van der Waals surface area contributed by atoms with Crippen LogP contribution in [0.15, 0.2) is 36.4 Å². The van der Waals surface area contributed by atoms with Crippen LogP contribution in [-0.4, -0.2) is 113 Å². The fraction of sp³-hybridized carbons (Fsp3) is 0.455. The van der Waals surface area contributed by atoms with Crippen molar-refractivity contribution in [3.63, 3.8) is 0 Å². The van der Waals surface area contributed by atoms with Crippen molar-refractivity contribution in [2.45, 2.75) is 66.2 Å². The van der Waals surface area contributed by atoms with Gasteiger partial charge in [-0.25, -0.2) is 0 Å². The van der Waals surface area contributed by atoms with Crippen LogP contribution in [0.25, 0.3) is 11.1 Å². The number of aryl methyl sites for hydroxylation is 2. The van der Waals surface area contributed by atoms with E-state index in [4.69, 9.17) is 38.5 Å². The van der Waals surface area contributed by atoms with Crippen molar-refractivity contribution in [3.05, 3.63) is 58.7 Å². The smallest absolute Gasteiger partial charge is 0.822 e. The van der Waals surface area contributed by atoms with Crippen LogP contribution in [0, 0.1) is 13.8 Å². The maximum absolute atomic E-state index is 8.55. The molecule has 0 N–H and O–H groups in total. The molecule has 0 radical (unpaired) electrons. The van der Waals surface area contributed by atoms with Crippen molar-refractivity contribution in [1.82, 2.24) is 0 Å². The van der Waals surface area contributed by atoms with Crippen LogP contribution in [0.2, 0.25) is 0 Å². The summed E-state index contributed by atoms with van der Waals surface area (Å²) in [5, 5.41) is 0. The van der Waals surface area contributed by atoms with Gasteiger partial charge in [0.15, 0.2) is 0 Å². The summed E-state index contributed by atoms with van der Waals surface area (Å²) in [5.41, 5.74) is 8.50. The van der Waals surface area contributed by atoms with E-state index < -0.39 is 15.6 Å². The molecule has 182 valence electrons. The Morgan fingerprint density at radius 2 is 0.714 bits per heavy atom. The maximum atomic E-state index is 8.55. The van der Waals surface area contributed by atoms with Crippen LogP contribution in [0.1, 0.15) is 63.8 Å². The van der Waals surface area contributed by atoms with Crippen LogP contribution in [0.5, 0.6) is 0 Å². The topological polar surface area (TPSA) is 172 Å². The standard InChI is InChI=1S/C22H30.3Ca.2H3O4P/c1-15-9-17(13-19(11-15)21(3,4)5)18-10-16(2)12-20(14-18)22(6,7)8;;;;2*1-5(2,3)4/h9-14H,1-8H3;;;;2*(H3,1,2,3,4)/q;3*+2;;/p-6. The molecule has 8 nitrogen and oxygen atoms in total. The van der Waals surface area contributed by atoms with Gasteiger partial charge in [-0.1, -0.05) is 89.1 Å². The number of rotatable bonds is 1. The minimum atomic E-state index is -5.39. The van der Waals surface area contributed by atoms with E-state index in [0.717, 1.165) is 0 Å². The second kappa shape index (κ2) is 18.0. The third-order valence-corrected chi connectivity index (χ3v) is 4.22. The Bertz CT molecular complexity index is 909. The molecule has 0 amide bonds. The van der Waals surface area contributed by atoms with Crippen molar-refractivity contribution < 1.29 is 38.5 Å². The zero-order valence-electron chi connectivity index (χ0n) is 21.7. The van der Waals surface area contributed by atoms with Gasteiger partial charge in [0.2, 0.25) is 0 Å². The Kier molecular flexibility index (Phi) is 22.8. The Balaban J connectivity index is -0.000000316. The van der Waals surface area contributed by atoms with Gasteiger partial charge in [-0.15, -0.1) is 0 Å². The summed E-state index contributed by atoms with van der Waals surface area (Å²) in [7, 11) is -10.8. The molecule has 0 saturated heterocycles. The molecular weight excluding hydrogens is 574 g/mol. The SMILES string of the molecule is Cc1cc(-c2cc(C)cc(C(C)(C)C)c2)cc(C(C)(C)C)c1.O=P([O-])([O-])[O-].O=P([O-])([O-])[O-].[Ca+2].[Ca+2].[Ca+2]. The largest absolute Gasteiger partial charge is 2.00 e. The summed E-state index contributed by atoms with van der Waals surface area (Å²) in [5.74, 6) is 0. The van der Waals surface area contributed by atoms with Crippen molar-refractivity contribution in [3.8, 4) is 11.1 Å². The van der Waals surface area contributed by atoms with Gasteiger partial charge in [0.25, 0.3) is 0 Å². The predicted octanol–water partition coefficient (Wildman–Crippen LogP) is -0.226. The number of benzene rings is 2. The Hall–Kier alpha value is 2.44. The second-order valence-electron chi connectivity index (χ2n) is 9.57. The van der Waals surface area contributed by atoms with E-state index in [2.05, 4.69) is 91.8 Å². The molecule has 0 atom stereocenters. The Morgan fingerprint density at radius 1 is 0.514 bits per heavy atom. The molecule has 0 aliphatic heterocycles. The molecule has 0 aromatic heterocycles. The van der Waals surface area contributed by atoms with Crippen molar-refractivity contribution in [2.24, 2.45) is 0 Å². The molecule has 0 saturated carbocycles. The van der Waals surface area contributed by atoms with Crippen LogP contribution >= 0.6 is 15.6 Å². The van der Waals surface area contributed by atoms with Gasteiger partial charge in [-0.2, -0.15) is 15.6 Å². The van der Waals surface area contributed by atoms with Gasteiger partial charge in [-0.05, 0) is 46.9 Å². The van der Waals surface area contributed by atoms with Gasteiger partial charge < -0.3 is 38.5 Å². The minimum Gasteiger partial charge on any atom is -0.822 e. The molecule has 0 bridgehead atoms. The fourth-order valence-corrected chi connectivity index (χ4v) is 2.77. The van der Waals surface area contributed by atoms with Gasteiger partial charge in [-0.3, -0.25) is 0 Å². The summed E-state index contributed by atoms with van der Waals surface area (Å²) < 4.78 is 17.1. The van der Waals surface area contributed by atoms with Crippen LogP contribution in [0.3, 0.4) is 0 Å². The molecule has 0 aliphatic carbocycles. The third kappa shape index (κ3) is 24.0. The van der Waals surface area contributed by atoms with E-state index >= 15 is 0 Å². The molecule has 0 unspecified atom stereocenters. The number of phosphoric acid groups is 2. The average molecular weight is 605 g/mol. The average Bonchev–Trinajstić information content (AvgIpc) is 2.48. The molecule has 0 spiro atoms. The first-order valence-electron chi connectivity index (χ1n) is 9.67. The van der Waals surface area contributed by atoms with E-state index in [1.165, 1.54) is 33.4 Å². The van der Waals surface area contributed by atoms with Crippen molar-refractivity contribution >= 4 is 129 Å². The molecule has 2 aromatic rings. The fourth-order valence-electron chi connectivity index (χ4n) is 2.77. The quantitative estimate of drug-likeness (QED) is 0.317. The first-order chi connectivity index (χ1) is 14.0. The molecule has 35 heavy (non-hydrogen) atoms. The normalized spacial score (nSPS) is 11.3. The molecule has 0 fully saturated rings. The molecule has 0 aliphatic rings. The molecule has 2 aromatic carbocycles. The van der Waals surface area contributed by atoms with E-state index in [1.807, 2.05) is 0 Å². The van der Waals surface area contributed by atoms with E-state index in [0.29, 0.717) is 0 Å². The zero-order chi connectivity index (χ0) is 25.7. The van der Waals surface area contributed by atoms with Gasteiger partial charge in [0, 0.05) is 0 Å². The molecular formula is C22H30Ca3O8P2. The first kappa shape index (κ1) is 44.5. The molecule has 0 heterocycles. The Labute approximate surface area is 298 Å². The van der Waals surface area contributed by atoms with Crippen LogP contribution in [-0.2, 0) is 20.0 Å². The van der Waals surface area contributed by atoms with E-state index in [1.54, 1.807) is 0 Å². The molecule has 2 rings (SSSR count). The third-order valence-electron chi connectivity index (χ3n) is 4.22. The summed E-state index contributed by atoms with van der Waals surface area (Å²) >= 11 is 0. The van der Waals surface area contributed by atoms with E-state index in [-0.39, 0.29) is 124 Å². The van der Waals surface area contributed by atoms with Crippen LogP contribution < -0.4 is 29.4 Å². The van der Waals surface area contributed by atoms with Crippen molar-refractivity contribution in [1.29, 1.82) is 0 Å². The van der Waals surface area contributed by atoms with Gasteiger partial charge in [0.1, 0.15) is 0 Å². The predicted molar refractivity (Wildman–Crippen MR) is 131 cm³/mol. The second-order valence-corrected chi connectivity index (χ2v) is 11.4. The summed E-state index contributed by atoms with van der Waals surface area (Å²) in [4.78, 5) is 51.3. The Morgan fingerprint density at radius 3 is 0.886 bits per heavy atom. The summed E-state index contributed by atoms with van der Waals surface area (Å²) in [6.45, 7) is 18.1. The minimum absolute atomic E-state index is 0. The van der Waals surface area contributed by atoms with Gasteiger partial charge >= 0.3 is 113 Å². The summed E-state index contributed by atoms with van der Waals surface area (Å²) in [6, 6.07) is 13.9. The number of hydrogen-bond acceptors (Lipinski definition) is 8. The monoisotopic (exact) mass is 604 g/mol. The maximum Gasteiger partial charge on any atom is 2.00 e. The van der Waals surface area contributed by atoms with Crippen molar-refractivity contribution in [2.75, 3.05) is 0 Å². The van der Waals surface area contributed by atoms with Gasteiger partial charge in [0.05, 0.1) is 0 Å². The summed E-state index contributed by atoms with van der Waals surface area (Å²) in [6.07, 6.45) is 0. The first-order valence-corrected chi connectivity index (χ1v) is 12.6. The van der Waals surface area contributed by atoms with Crippen LogP contribution in [0.4, 0.5) is 0 Å².